The summed E-state index contributed by atoms with van der Waals surface area (Å²) in [5, 5.41) is 10.1. The minimum Gasteiger partial charge on any atom is -0.389 e. The SMILES string of the molecule is C=CC(=O)N1[C@H](C)CN(c2nc(=O)n3c4c(c(-c5ccc(F)c6sc(N)c(C#N)c56)c(C(F)(F)F)cc24)SCC2(CC2)C3)C[C@@H]1C. The predicted octanol–water partition coefficient (Wildman–Crippen LogP) is 6.39. The molecule has 8 nitrogen and oxygen atoms in total. The standard InChI is InChI=1S/C32H28F4N6O2S2/c1-4-22(43)42-15(2)11-40(12-16(42)3)29-18-9-20(32(34,35)36)24(17-5-6-21(33)26-23(17)19(10-37)28(38)46-26)27-25(18)41(30(44)39-29)13-31(7-8-31)14-45-27/h4-6,9,15-16H,1,7-8,11-14,38H2,2-3H3/t15-,16+. The fourth-order valence-electron chi connectivity index (χ4n) is 7.04. The normalized spacial score (nSPS) is 20.6. The zero-order chi connectivity index (χ0) is 32.9. The van der Waals surface area contributed by atoms with Crippen LogP contribution in [0, 0.1) is 22.6 Å². The number of fused-ring (bicyclic) bond motifs is 1. The summed E-state index contributed by atoms with van der Waals surface area (Å²) in [6, 6.07) is 4.67. The molecule has 1 amide bonds. The number of rotatable bonds is 3. The maximum Gasteiger partial charge on any atom is 0.417 e. The molecule has 1 aliphatic carbocycles. The molecule has 2 fully saturated rings. The second kappa shape index (κ2) is 10.5. The molecule has 0 radical (unpaired) electrons. The van der Waals surface area contributed by atoms with Crippen molar-refractivity contribution < 1.29 is 22.4 Å². The highest BCUT2D eigenvalue weighted by Gasteiger charge is 2.47. The van der Waals surface area contributed by atoms with Crippen molar-refractivity contribution in [3.05, 3.63) is 58.3 Å². The van der Waals surface area contributed by atoms with E-state index in [1.54, 1.807) is 9.80 Å². The van der Waals surface area contributed by atoms with Crippen LogP contribution in [0.3, 0.4) is 0 Å². The number of hydrogen-bond donors (Lipinski definition) is 1. The first-order chi connectivity index (χ1) is 21.8. The second-order valence-corrected chi connectivity index (χ2v) is 14.5. The fraction of sp³-hybridized carbons (Fsp3) is 0.375. The van der Waals surface area contributed by atoms with Crippen LogP contribution in [-0.4, -0.2) is 51.3 Å². The summed E-state index contributed by atoms with van der Waals surface area (Å²) in [5.41, 5.74) is 4.30. The summed E-state index contributed by atoms with van der Waals surface area (Å²) in [7, 11) is 0. The first-order valence-corrected chi connectivity index (χ1v) is 16.5. The lowest BCUT2D eigenvalue weighted by Gasteiger charge is -2.44. The lowest BCUT2D eigenvalue weighted by molar-refractivity contribution is -0.137. The minimum atomic E-state index is -4.87. The smallest absolute Gasteiger partial charge is 0.389 e. The number of nitrogen functional groups attached to an aromatic ring is 1. The summed E-state index contributed by atoms with van der Waals surface area (Å²) < 4.78 is 62.3. The van der Waals surface area contributed by atoms with Crippen LogP contribution in [0.4, 0.5) is 28.4 Å². The molecule has 4 heterocycles. The third-order valence-corrected chi connectivity index (χ3v) is 11.8. The maximum absolute atomic E-state index is 15.3. The van der Waals surface area contributed by atoms with E-state index >= 15 is 17.6 Å². The van der Waals surface area contributed by atoms with Crippen LogP contribution in [0.5, 0.6) is 0 Å². The van der Waals surface area contributed by atoms with Gasteiger partial charge in [0.05, 0.1) is 21.3 Å². The van der Waals surface area contributed by atoms with Crippen LogP contribution >= 0.6 is 23.1 Å². The molecule has 4 aromatic rings. The van der Waals surface area contributed by atoms with E-state index in [4.69, 9.17) is 5.73 Å². The minimum absolute atomic E-state index is 0.00742. The number of benzene rings is 2. The summed E-state index contributed by atoms with van der Waals surface area (Å²) in [6.07, 6.45) is -2.00. The van der Waals surface area contributed by atoms with Gasteiger partial charge in [-0.3, -0.25) is 9.36 Å². The number of halogens is 4. The topological polar surface area (TPSA) is 108 Å². The van der Waals surface area contributed by atoms with Crippen LogP contribution < -0.4 is 16.3 Å². The van der Waals surface area contributed by atoms with E-state index in [0.29, 0.717) is 17.8 Å². The van der Waals surface area contributed by atoms with Crippen LogP contribution in [-0.2, 0) is 17.5 Å². The van der Waals surface area contributed by atoms with Crippen molar-refractivity contribution in [3.63, 3.8) is 0 Å². The van der Waals surface area contributed by atoms with Crippen molar-refractivity contribution in [3.8, 4) is 17.2 Å². The summed E-state index contributed by atoms with van der Waals surface area (Å²) in [6.45, 7) is 8.03. The van der Waals surface area contributed by atoms with E-state index in [0.717, 1.165) is 36.3 Å². The highest BCUT2D eigenvalue weighted by atomic mass is 32.2. The molecule has 238 valence electrons. The number of nitrogens with zero attached hydrogens (tertiary/aromatic N) is 5. The molecule has 3 aliphatic rings. The first kappa shape index (κ1) is 30.6. The number of nitriles is 1. The molecule has 14 heteroatoms. The summed E-state index contributed by atoms with van der Waals surface area (Å²) >= 11 is 2.07. The van der Waals surface area contributed by atoms with Gasteiger partial charge in [0.25, 0.3) is 0 Å². The average Bonchev–Trinajstić information content (AvgIpc) is 3.72. The molecule has 1 saturated carbocycles. The number of nitrogens with two attached hydrogens (primary N) is 1. The number of aromatic nitrogens is 2. The second-order valence-electron chi connectivity index (χ2n) is 12.4. The first-order valence-electron chi connectivity index (χ1n) is 14.7. The molecular weight excluding hydrogens is 641 g/mol. The molecule has 1 spiro atoms. The van der Waals surface area contributed by atoms with Crippen LogP contribution in [0.25, 0.3) is 32.1 Å². The van der Waals surface area contributed by atoms with Gasteiger partial charge in [-0.15, -0.1) is 23.1 Å². The number of thiophene rings is 1. The van der Waals surface area contributed by atoms with Crippen molar-refractivity contribution in [1.82, 2.24) is 14.5 Å². The Morgan fingerprint density at radius 1 is 1.24 bits per heavy atom. The number of alkyl halides is 3. The maximum atomic E-state index is 15.3. The molecule has 7 rings (SSSR count). The summed E-state index contributed by atoms with van der Waals surface area (Å²) in [5.74, 6) is -0.354. The van der Waals surface area contributed by atoms with Crippen molar-refractivity contribution in [1.29, 1.82) is 5.26 Å². The number of carbonyl (C=O) groups is 1. The number of carbonyl (C=O) groups excluding carboxylic acids is 1. The highest BCUT2D eigenvalue weighted by Crippen LogP contribution is 2.57. The molecular formula is C32H28F4N6O2S2. The van der Waals surface area contributed by atoms with Gasteiger partial charge in [0, 0.05) is 58.7 Å². The van der Waals surface area contributed by atoms with E-state index in [2.05, 4.69) is 11.6 Å². The van der Waals surface area contributed by atoms with Crippen LogP contribution in [0.2, 0.25) is 0 Å². The molecule has 1 saturated heterocycles. The molecule has 2 N–H and O–H groups in total. The number of hydrogen-bond acceptors (Lipinski definition) is 8. The third kappa shape index (κ3) is 4.58. The average molecular weight is 669 g/mol. The van der Waals surface area contributed by atoms with Crippen LogP contribution in [0.1, 0.15) is 37.8 Å². The van der Waals surface area contributed by atoms with Gasteiger partial charge >= 0.3 is 11.9 Å². The molecule has 2 atom stereocenters. The molecule has 0 bridgehead atoms. The van der Waals surface area contributed by atoms with E-state index in [1.165, 1.54) is 28.5 Å². The molecule has 0 unspecified atom stereocenters. The zero-order valence-electron chi connectivity index (χ0n) is 24.9. The lowest BCUT2D eigenvalue weighted by atomic mass is 9.92. The van der Waals surface area contributed by atoms with Gasteiger partial charge < -0.3 is 15.5 Å². The van der Waals surface area contributed by atoms with Gasteiger partial charge in [-0.2, -0.15) is 23.4 Å². The van der Waals surface area contributed by atoms with E-state index in [9.17, 15) is 14.9 Å². The number of anilines is 2. The van der Waals surface area contributed by atoms with Crippen LogP contribution in [0.15, 0.2) is 40.5 Å². The lowest BCUT2D eigenvalue weighted by Crippen LogP contribution is -2.58. The molecule has 2 aromatic heterocycles. The zero-order valence-corrected chi connectivity index (χ0v) is 26.5. The Bertz CT molecular complexity index is 2080. The van der Waals surface area contributed by atoms with Gasteiger partial charge in [-0.1, -0.05) is 12.6 Å². The van der Waals surface area contributed by atoms with Crippen molar-refractivity contribution in [2.24, 2.45) is 5.41 Å². The number of piperazine rings is 1. The fourth-order valence-corrected chi connectivity index (χ4v) is 9.54. The van der Waals surface area contributed by atoms with Gasteiger partial charge in [0.1, 0.15) is 22.7 Å². The Morgan fingerprint density at radius 2 is 1.93 bits per heavy atom. The Hall–Kier alpha value is -4.09. The Labute approximate surface area is 269 Å². The Kier molecular flexibility index (Phi) is 6.95. The van der Waals surface area contributed by atoms with Crippen molar-refractivity contribution >= 4 is 60.8 Å². The molecule has 46 heavy (non-hydrogen) atoms. The van der Waals surface area contributed by atoms with E-state index < -0.39 is 23.2 Å². The monoisotopic (exact) mass is 668 g/mol. The van der Waals surface area contributed by atoms with E-state index in [1.807, 2.05) is 19.9 Å². The van der Waals surface area contributed by atoms with Crippen molar-refractivity contribution in [2.45, 2.75) is 56.4 Å². The van der Waals surface area contributed by atoms with E-state index in [-0.39, 0.29) is 84.4 Å². The number of thioether (sulfide) groups is 1. The van der Waals surface area contributed by atoms with Gasteiger partial charge in [-0.25, -0.2) is 9.18 Å². The van der Waals surface area contributed by atoms with Gasteiger partial charge in [0.15, 0.2) is 0 Å². The molecule has 2 aliphatic heterocycles. The van der Waals surface area contributed by atoms with Crippen molar-refractivity contribution in [2.75, 3.05) is 29.5 Å². The Morgan fingerprint density at radius 3 is 2.54 bits per heavy atom. The van der Waals surface area contributed by atoms with Gasteiger partial charge in [0.2, 0.25) is 5.91 Å². The predicted molar refractivity (Wildman–Crippen MR) is 171 cm³/mol. The molecule has 2 aromatic carbocycles. The largest absolute Gasteiger partial charge is 0.417 e. The summed E-state index contributed by atoms with van der Waals surface area (Å²) in [4.78, 5) is 34.5. The quantitative estimate of drug-likeness (QED) is 0.199. The van der Waals surface area contributed by atoms with Gasteiger partial charge in [-0.05, 0) is 55.9 Å². The number of amides is 1. The Balaban J connectivity index is 1.57. The third-order valence-electron chi connectivity index (χ3n) is 9.32. The highest BCUT2D eigenvalue weighted by molar-refractivity contribution is 7.99.